The van der Waals surface area contributed by atoms with Crippen LogP contribution in [0, 0.1) is 4.77 Å². The molecular formula is C16H22N4S. The summed E-state index contributed by atoms with van der Waals surface area (Å²) in [4.78, 5) is 6.93. The van der Waals surface area contributed by atoms with Gasteiger partial charge >= 0.3 is 0 Å². The monoisotopic (exact) mass is 302 g/mol. The lowest BCUT2D eigenvalue weighted by Gasteiger charge is -2.24. The van der Waals surface area contributed by atoms with Crippen molar-refractivity contribution in [2.75, 3.05) is 6.54 Å². The zero-order valence-electron chi connectivity index (χ0n) is 12.6. The van der Waals surface area contributed by atoms with Crippen LogP contribution in [0.2, 0.25) is 0 Å². The maximum absolute atomic E-state index is 5.38. The lowest BCUT2D eigenvalue weighted by atomic mass is 10.1. The van der Waals surface area contributed by atoms with E-state index in [1.165, 1.54) is 18.4 Å². The van der Waals surface area contributed by atoms with Crippen LogP contribution in [0.25, 0.3) is 0 Å². The van der Waals surface area contributed by atoms with Gasteiger partial charge in [-0.25, -0.2) is 9.67 Å². The van der Waals surface area contributed by atoms with Gasteiger partial charge in [0.1, 0.15) is 5.82 Å². The van der Waals surface area contributed by atoms with Crippen LogP contribution in [0.5, 0.6) is 0 Å². The van der Waals surface area contributed by atoms with Crippen LogP contribution in [0.1, 0.15) is 50.0 Å². The van der Waals surface area contributed by atoms with E-state index in [4.69, 9.17) is 12.2 Å². The van der Waals surface area contributed by atoms with Crippen molar-refractivity contribution in [2.24, 2.45) is 0 Å². The molecular weight excluding hydrogens is 280 g/mol. The summed E-state index contributed by atoms with van der Waals surface area (Å²) in [6.45, 7) is 6.15. The summed E-state index contributed by atoms with van der Waals surface area (Å²) in [7, 11) is 0. The molecule has 1 aliphatic rings. The Bertz CT molecular complexity index is 644. The first-order valence-electron chi connectivity index (χ1n) is 7.61. The first-order valence-corrected chi connectivity index (χ1v) is 8.01. The normalized spacial score (nSPS) is 19.5. The number of nitrogens with one attached hydrogen (secondary N) is 1. The third-order valence-corrected chi connectivity index (χ3v) is 4.43. The summed E-state index contributed by atoms with van der Waals surface area (Å²) < 4.78 is 2.64. The Balaban J connectivity index is 1.79. The van der Waals surface area contributed by atoms with Gasteiger partial charge in [0.2, 0.25) is 4.77 Å². The molecule has 5 heteroatoms. The minimum absolute atomic E-state index is 0.372. The lowest BCUT2D eigenvalue weighted by Crippen LogP contribution is -2.27. The number of aromatic nitrogens is 3. The molecule has 1 N–H and O–H groups in total. The first-order chi connectivity index (χ1) is 10.1. The van der Waals surface area contributed by atoms with Crippen molar-refractivity contribution in [3.8, 4) is 0 Å². The standard InChI is InChI=1S/C16H22N4S/c1-12(2)15-17-16(21)20(18-15)11-19-10-6-9-14(19)13-7-4-3-5-8-13/h3-5,7-8,12,14H,6,9-11H2,1-2H3,(H,17,18,21)/t14-/m0/s1. The van der Waals surface area contributed by atoms with Gasteiger partial charge in [-0.1, -0.05) is 44.2 Å². The summed E-state index contributed by atoms with van der Waals surface area (Å²) in [6.07, 6.45) is 2.45. The molecule has 3 rings (SSSR count). The minimum Gasteiger partial charge on any atom is -0.282 e. The molecule has 1 aromatic heterocycles. The molecule has 1 aliphatic heterocycles. The molecule has 0 saturated carbocycles. The molecule has 0 aliphatic carbocycles. The second-order valence-corrected chi connectivity index (χ2v) is 6.36. The van der Waals surface area contributed by atoms with E-state index in [1.807, 2.05) is 4.68 Å². The van der Waals surface area contributed by atoms with E-state index in [0.717, 1.165) is 19.0 Å². The molecule has 1 fully saturated rings. The number of hydrogen-bond acceptors (Lipinski definition) is 3. The molecule has 2 aromatic rings. The molecule has 0 spiro atoms. The summed E-state index contributed by atoms with van der Waals surface area (Å²) in [5, 5.41) is 3.34. The predicted molar refractivity (Wildman–Crippen MR) is 86.6 cm³/mol. The number of H-pyrrole nitrogens is 1. The summed E-state index contributed by atoms with van der Waals surface area (Å²) in [5.41, 5.74) is 1.39. The van der Waals surface area contributed by atoms with E-state index in [9.17, 15) is 0 Å². The highest BCUT2D eigenvalue weighted by atomic mass is 32.1. The fourth-order valence-corrected chi connectivity index (χ4v) is 3.16. The number of rotatable bonds is 4. The number of hydrogen-bond donors (Lipinski definition) is 1. The third kappa shape index (κ3) is 3.09. The summed E-state index contributed by atoms with van der Waals surface area (Å²) >= 11 is 5.38. The van der Waals surface area contributed by atoms with Crippen LogP contribution in [0.15, 0.2) is 30.3 Å². The lowest BCUT2D eigenvalue weighted by molar-refractivity contribution is 0.189. The van der Waals surface area contributed by atoms with Crippen LogP contribution in [-0.4, -0.2) is 26.2 Å². The molecule has 0 radical (unpaired) electrons. The number of nitrogens with zero attached hydrogens (tertiary/aromatic N) is 3. The molecule has 1 saturated heterocycles. The molecule has 4 nitrogen and oxygen atoms in total. The van der Waals surface area contributed by atoms with E-state index < -0.39 is 0 Å². The maximum Gasteiger partial charge on any atom is 0.217 e. The largest absolute Gasteiger partial charge is 0.282 e. The average Bonchev–Trinajstić information content (AvgIpc) is 3.08. The Morgan fingerprint density at radius 1 is 1.33 bits per heavy atom. The Hall–Kier alpha value is -1.46. The van der Waals surface area contributed by atoms with Crippen LogP contribution in [0.4, 0.5) is 0 Å². The Morgan fingerprint density at radius 3 is 2.76 bits per heavy atom. The Labute approximate surface area is 130 Å². The molecule has 0 amide bonds. The van der Waals surface area contributed by atoms with Gasteiger partial charge in [-0.15, -0.1) is 0 Å². The van der Waals surface area contributed by atoms with Gasteiger partial charge < -0.3 is 0 Å². The van der Waals surface area contributed by atoms with Crippen molar-refractivity contribution < 1.29 is 0 Å². The van der Waals surface area contributed by atoms with E-state index in [1.54, 1.807) is 0 Å². The minimum atomic E-state index is 0.372. The second kappa shape index (κ2) is 6.12. The smallest absolute Gasteiger partial charge is 0.217 e. The fourth-order valence-electron chi connectivity index (χ4n) is 2.96. The zero-order chi connectivity index (χ0) is 14.8. The summed E-state index contributed by atoms with van der Waals surface area (Å²) in [6, 6.07) is 11.2. The third-order valence-electron chi connectivity index (χ3n) is 4.11. The topological polar surface area (TPSA) is 36.9 Å². The van der Waals surface area contributed by atoms with E-state index in [0.29, 0.717) is 16.7 Å². The molecule has 2 heterocycles. The van der Waals surface area contributed by atoms with Gasteiger partial charge in [-0.05, 0) is 30.6 Å². The SMILES string of the molecule is CC(C)c1nc(=S)n(CN2CCC[C@H]2c2ccccc2)[nH]1. The van der Waals surface area contributed by atoms with E-state index in [2.05, 4.69) is 59.2 Å². The highest BCUT2D eigenvalue weighted by Gasteiger charge is 2.26. The summed E-state index contributed by atoms with van der Waals surface area (Å²) in [5.74, 6) is 1.34. The number of benzene rings is 1. The quantitative estimate of drug-likeness (QED) is 0.871. The van der Waals surface area contributed by atoms with Gasteiger partial charge in [0, 0.05) is 18.5 Å². The molecule has 112 valence electrons. The van der Waals surface area contributed by atoms with Gasteiger partial charge in [0.15, 0.2) is 0 Å². The van der Waals surface area contributed by atoms with Gasteiger partial charge in [-0.3, -0.25) is 10.00 Å². The van der Waals surface area contributed by atoms with Crippen molar-refractivity contribution in [1.29, 1.82) is 0 Å². The molecule has 1 atom stereocenters. The molecule has 0 bridgehead atoms. The van der Waals surface area contributed by atoms with Crippen molar-refractivity contribution >= 4 is 12.2 Å². The first kappa shape index (κ1) is 14.5. The van der Waals surface area contributed by atoms with Crippen LogP contribution in [-0.2, 0) is 6.67 Å². The highest BCUT2D eigenvalue weighted by molar-refractivity contribution is 7.71. The fraction of sp³-hybridized carbons (Fsp3) is 0.500. The van der Waals surface area contributed by atoms with E-state index >= 15 is 0 Å². The van der Waals surface area contributed by atoms with Crippen LogP contribution < -0.4 is 0 Å². The average molecular weight is 302 g/mol. The molecule has 0 unspecified atom stereocenters. The van der Waals surface area contributed by atoms with Crippen molar-refractivity contribution in [1.82, 2.24) is 19.7 Å². The highest BCUT2D eigenvalue weighted by Crippen LogP contribution is 2.31. The Kier molecular flexibility index (Phi) is 4.22. The van der Waals surface area contributed by atoms with Gasteiger partial charge in [0.05, 0.1) is 6.67 Å². The number of likely N-dealkylation sites (tertiary alicyclic amines) is 1. The van der Waals surface area contributed by atoms with E-state index in [-0.39, 0.29) is 0 Å². The molecule has 1 aromatic carbocycles. The van der Waals surface area contributed by atoms with Crippen molar-refractivity contribution in [3.63, 3.8) is 0 Å². The number of aromatic amines is 1. The van der Waals surface area contributed by atoms with Crippen molar-refractivity contribution in [3.05, 3.63) is 46.5 Å². The van der Waals surface area contributed by atoms with Gasteiger partial charge in [0.25, 0.3) is 0 Å². The Morgan fingerprint density at radius 2 is 2.10 bits per heavy atom. The zero-order valence-corrected chi connectivity index (χ0v) is 13.4. The second-order valence-electron chi connectivity index (χ2n) is 6.00. The van der Waals surface area contributed by atoms with Crippen LogP contribution in [0.3, 0.4) is 0 Å². The predicted octanol–water partition coefficient (Wildman–Crippen LogP) is 3.86. The maximum atomic E-state index is 5.38. The van der Waals surface area contributed by atoms with Crippen LogP contribution >= 0.6 is 12.2 Å². The van der Waals surface area contributed by atoms with Crippen molar-refractivity contribution in [2.45, 2.75) is 45.3 Å². The molecule has 21 heavy (non-hydrogen) atoms. The van der Waals surface area contributed by atoms with Gasteiger partial charge in [-0.2, -0.15) is 0 Å².